The summed E-state index contributed by atoms with van der Waals surface area (Å²) in [6.07, 6.45) is 5.15. The van der Waals surface area contributed by atoms with E-state index in [9.17, 15) is 9.90 Å². The van der Waals surface area contributed by atoms with Gasteiger partial charge in [0.1, 0.15) is 11.4 Å². The molecular weight excluding hydrogens is 440 g/mol. The van der Waals surface area contributed by atoms with Crippen LogP contribution < -0.4 is 5.73 Å². The predicted molar refractivity (Wildman–Crippen MR) is 135 cm³/mol. The van der Waals surface area contributed by atoms with Crippen molar-refractivity contribution in [3.63, 3.8) is 0 Å². The van der Waals surface area contributed by atoms with Gasteiger partial charge in [-0.25, -0.2) is 4.98 Å². The maximum atomic E-state index is 13.1. The van der Waals surface area contributed by atoms with Crippen LogP contribution in [0, 0.1) is 0 Å². The Morgan fingerprint density at radius 1 is 1.20 bits per heavy atom. The maximum absolute atomic E-state index is 13.1. The third kappa shape index (κ3) is 3.69. The first-order valence-electron chi connectivity index (χ1n) is 12.4. The van der Waals surface area contributed by atoms with Crippen molar-refractivity contribution >= 4 is 16.8 Å². The van der Waals surface area contributed by atoms with E-state index in [0.717, 1.165) is 83.2 Å². The fourth-order valence-corrected chi connectivity index (χ4v) is 5.63. The number of aryl methyl sites for hydroxylation is 1. The molecule has 1 aliphatic heterocycles. The summed E-state index contributed by atoms with van der Waals surface area (Å²) < 4.78 is 0. The fraction of sp³-hybridized carbons (Fsp3) is 0.370. The quantitative estimate of drug-likeness (QED) is 0.358. The second-order valence-corrected chi connectivity index (χ2v) is 9.88. The van der Waals surface area contributed by atoms with Crippen LogP contribution in [0.1, 0.15) is 49.6 Å². The number of hydrogen-bond acceptors (Lipinski definition) is 5. The first-order valence-corrected chi connectivity index (χ1v) is 12.4. The lowest BCUT2D eigenvalue weighted by Gasteiger charge is -2.33. The van der Waals surface area contributed by atoms with Gasteiger partial charge in [0.25, 0.3) is 0 Å². The van der Waals surface area contributed by atoms with Crippen molar-refractivity contribution in [3.8, 4) is 28.4 Å². The third-order valence-electron chi connectivity index (χ3n) is 7.61. The predicted octanol–water partition coefficient (Wildman–Crippen LogP) is 4.04. The molecule has 180 valence electrons. The summed E-state index contributed by atoms with van der Waals surface area (Å²) in [5.74, 6) is 1.05. The summed E-state index contributed by atoms with van der Waals surface area (Å²) in [6, 6.07) is 11.7. The van der Waals surface area contributed by atoms with Crippen LogP contribution in [0.5, 0.6) is 5.75 Å². The van der Waals surface area contributed by atoms with Gasteiger partial charge in [0.05, 0.1) is 23.3 Å². The molecule has 8 nitrogen and oxygen atoms in total. The summed E-state index contributed by atoms with van der Waals surface area (Å²) in [6.45, 7) is 3.22. The minimum absolute atomic E-state index is 0.0589. The average Bonchev–Trinajstić information content (AvgIpc) is 3.60. The van der Waals surface area contributed by atoms with Crippen LogP contribution >= 0.6 is 0 Å². The largest absolute Gasteiger partial charge is 0.508 e. The monoisotopic (exact) mass is 470 g/mol. The van der Waals surface area contributed by atoms with Crippen molar-refractivity contribution in [2.75, 3.05) is 6.54 Å². The van der Waals surface area contributed by atoms with Crippen LogP contribution in [0.4, 0.5) is 0 Å². The molecule has 1 saturated carbocycles. The number of aromatic nitrogens is 4. The number of hydrogen-bond donors (Lipinski definition) is 4. The lowest BCUT2D eigenvalue weighted by Crippen LogP contribution is -2.54. The molecule has 8 heteroatoms. The number of nitrogens with one attached hydrogen (secondary N) is 2. The van der Waals surface area contributed by atoms with E-state index in [1.807, 2.05) is 17.0 Å². The first kappa shape index (κ1) is 21.9. The number of aromatic hydroxyl groups is 1. The van der Waals surface area contributed by atoms with E-state index in [0.29, 0.717) is 18.9 Å². The minimum atomic E-state index is -0.706. The zero-order chi connectivity index (χ0) is 24.2. The molecule has 0 spiro atoms. The average molecular weight is 471 g/mol. The molecule has 0 bridgehead atoms. The van der Waals surface area contributed by atoms with Gasteiger partial charge in [0.2, 0.25) is 5.91 Å². The van der Waals surface area contributed by atoms with E-state index in [1.165, 1.54) is 0 Å². The van der Waals surface area contributed by atoms with Gasteiger partial charge in [0.15, 0.2) is 5.82 Å². The minimum Gasteiger partial charge on any atom is -0.508 e. The number of benzene rings is 2. The Balaban J connectivity index is 1.29. The zero-order valence-electron chi connectivity index (χ0n) is 19.9. The van der Waals surface area contributed by atoms with E-state index < -0.39 is 5.54 Å². The lowest BCUT2D eigenvalue weighted by molar-refractivity contribution is -0.137. The molecule has 0 atom stereocenters. The van der Waals surface area contributed by atoms with Gasteiger partial charge < -0.3 is 20.7 Å². The van der Waals surface area contributed by atoms with Crippen molar-refractivity contribution < 1.29 is 9.90 Å². The van der Waals surface area contributed by atoms with E-state index in [2.05, 4.69) is 40.3 Å². The number of rotatable bonds is 4. The van der Waals surface area contributed by atoms with Crippen molar-refractivity contribution in [1.29, 1.82) is 0 Å². The van der Waals surface area contributed by atoms with Crippen LogP contribution in [0.2, 0.25) is 0 Å². The summed E-state index contributed by atoms with van der Waals surface area (Å²) >= 11 is 0. The highest BCUT2D eigenvalue weighted by Crippen LogP contribution is 2.34. The number of amides is 1. The van der Waals surface area contributed by atoms with E-state index in [1.54, 1.807) is 6.07 Å². The third-order valence-corrected chi connectivity index (χ3v) is 7.61. The van der Waals surface area contributed by atoms with Crippen LogP contribution in [0.25, 0.3) is 33.5 Å². The number of aromatic amines is 2. The second-order valence-electron chi connectivity index (χ2n) is 9.88. The Bertz CT molecular complexity index is 1430. The highest BCUT2D eigenvalue weighted by Gasteiger charge is 2.41. The molecular formula is C27H30N6O2. The Morgan fingerprint density at radius 2 is 2.03 bits per heavy atom. The van der Waals surface area contributed by atoms with Crippen LogP contribution in [0.3, 0.4) is 0 Å². The maximum Gasteiger partial charge on any atom is 0.243 e. The molecule has 1 aliphatic carbocycles. The number of phenols is 1. The molecule has 0 unspecified atom stereocenters. The number of fused-ring (bicyclic) bond motifs is 2. The van der Waals surface area contributed by atoms with E-state index >= 15 is 0 Å². The van der Waals surface area contributed by atoms with Gasteiger partial charge in [-0.3, -0.25) is 9.89 Å². The molecule has 4 aromatic rings. The molecule has 35 heavy (non-hydrogen) atoms. The standard InChI is InChI=1S/C27H30N6O2/c1-2-16-13-18(34)6-8-19(16)17-5-7-20-22(14-17)31-32-24(20)25-29-21-9-12-33(15-23(21)30-25)26(35)27(28)10-3-4-11-27/h5-8,13-14,34H,2-4,9-12,15,28H2,1H3,(H,29,30)(H,31,32). The van der Waals surface area contributed by atoms with Gasteiger partial charge in [-0.05, 0) is 60.2 Å². The van der Waals surface area contributed by atoms with Crippen LogP contribution in [-0.2, 0) is 24.2 Å². The molecule has 6 rings (SSSR count). The summed E-state index contributed by atoms with van der Waals surface area (Å²) in [5.41, 5.74) is 12.6. The number of carbonyl (C=O) groups excluding carboxylic acids is 1. The van der Waals surface area contributed by atoms with Gasteiger partial charge in [-0.2, -0.15) is 5.10 Å². The van der Waals surface area contributed by atoms with Crippen molar-refractivity contribution in [2.45, 2.75) is 57.5 Å². The molecule has 0 radical (unpaired) electrons. The Labute approximate surface area is 203 Å². The topological polar surface area (TPSA) is 124 Å². The van der Waals surface area contributed by atoms with Crippen LogP contribution in [0.15, 0.2) is 36.4 Å². The van der Waals surface area contributed by atoms with Crippen molar-refractivity contribution in [2.24, 2.45) is 5.73 Å². The molecule has 1 fully saturated rings. The molecule has 3 heterocycles. The number of nitrogens with zero attached hydrogens (tertiary/aromatic N) is 3. The second kappa shape index (κ2) is 8.23. The van der Waals surface area contributed by atoms with Gasteiger partial charge in [-0.1, -0.05) is 31.9 Å². The summed E-state index contributed by atoms with van der Waals surface area (Å²) in [4.78, 5) is 23.2. The first-order chi connectivity index (χ1) is 16.9. The van der Waals surface area contributed by atoms with Gasteiger partial charge in [0, 0.05) is 24.0 Å². The number of carbonyl (C=O) groups is 1. The smallest absolute Gasteiger partial charge is 0.243 e. The lowest BCUT2D eigenvalue weighted by atomic mass is 9.96. The Hall–Kier alpha value is -3.65. The molecule has 1 amide bonds. The molecule has 5 N–H and O–H groups in total. The van der Waals surface area contributed by atoms with Crippen molar-refractivity contribution in [1.82, 2.24) is 25.1 Å². The van der Waals surface area contributed by atoms with Gasteiger partial charge in [-0.15, -0.1) is 0 Å². The Kier molecular flexibility index (Phi) is 5.14. The molecule has 2 aromatic heterocycles. The van der Waals surface area contributed by atoms with Crippen LogP contribution in [-0.4, -0.2) is 48.2 Å². The zero-order valence-corrected chi connectivity index (χ0v) is 19.9. The highest BCUT2D eigenvalue weighted by atomic mass is 16.3. The SMILES string of the molecule is CCc1cc(O)ccc1-c1ccc2c(-c3nc4c([nH]3)CCN(C(=O)C3(N)CCCC3)C4)n[nH]c2c1. The number of phenolic OH excluding ortho intramolecular Hbond substituents is 1. The molecule has 0 saturated heterocycles. The van der Waals surface area contributed by atoms with E-state index in [4.69, 9.17) is 10.7 Å². The number of H-pyrrole nitrogens is 2. The summed E-state index contributed by atoms with van der Waals surface area (Å²) in [7, 11) is 0. The summed E-state index contributed by atoms with van der Waals surface area (Å²) in [5, 5.41) is 18.6. The Morgan fingerprint density at radius 3 is 2.83 bits per heavy atom. The molecule has 2 aliphatic rings. The van der Waals surface area contributed by atoms with Gasteiger partial charge >= 0.3 is 0 Å². The molecule has 2 aromatic carbocycles. The highest BCUT2D eigenvalue weighted by molar-refractivity contribution is 5.94. The number of nitrogens with two attached hydrogens (primary N) is 1. The number of imidazole rings is 1. The normalized spacial score (nSPS) is 17.1. The fourth-order valence-electron chi connectivity index (χ4n) is 5.63. The van der Waals surface area contributed by atoms with Crippen molar-refractivity contribution in [3.05, 3.63) is 53.3 Å². The van der Waals surface area contributed by atoms with E-state index in [-0.39, 0.29) is 11.7 Å².